The minimum atomic E-state index is -0.533. The van der Waals surface area contributed by atoms with E-state index in [1.807, 2.05) is 41.2 Å². The van der Waals surface area contributed by atoms with E-state index < -0.39 is 17.6 Å². The fraction of sp³-hybridized carbons (Fsp3) is 0.0909. The Hall–Kier alpha value is -3.49. The maximum atomic E-state index is 14.3. The lowest BCUT2D eigenvalue weighted by Gasteiger charge is -2.12. The van der Waals surface area contributed by atoms with E-state index in [1.165, 1.54) is 13.2 Å². The number of amides is 2. The van der Waals surface area contributed by atoms with Crippen molar-refractivity contribution in [1.29, 1.82) is 0 Å². The monoisotopic (exact) mass is 423 g/mol. The minimum absolute atomic E-state index is 0.0775. The largest absolute Gasteiger partial charge is 0.380 e. The summed E-state index contributed by atoms with van der Waals surface area (Å²) in [6, 6.07) is 15.4. The number of aromatic nitrogens is 1. The summed E-state index contributed by atoms with van der Waals surface area (Å²) >= 11 is 1.15. The van der Waals surface area contributed by atoms with E-state index in [-0.39, 0.29) is 11.5 Å². The summed E-state index contributed by atoms with van der Waals surface area (Å²) in [5, 5.41) is 0.360. The first-order valence-corrected chi connectivity index (χ1v) is 9.93. The van der Waals surface area contributed by atoms with Gasteiger partial charge in [-0.2, -0.15) is 0 Å². The van der Waals surface area contributed by atoms with Crippen molar-refractivity contribution in [1.82, 2.24) is 15.4 Å². The molecule has 0 saturated heterocycles. The fourth-order valence-electron chi connectivity index (χ4n) is 3.26. The zero-order valence-electron chi connectivity index (χ0n) is 16.0. The average molecular weight is 423 g/mol. The Morgan fingerprint density at radius 2 is 1.73 bits per heavy atom. The Labute approximate surface area is 175 Å². The van der Waals surface area contributed by atoms with Gasteiger partial charge in [0.2, 0.25) is 0 Å². The first-order valence-electron chi connectivity index (χ1n) is 9.12. The van der Waals surface area contributed by atoms with E-state index in [9.17, 15) is 14.0 Å². The maximum absolute atomic E-state index is 14.3. The predicted molar refractivity (Wildman–Crippen MR) is 113 cm³/mol. The zero-order chi connectivity index (χ0) is 21.1. The molecule has 0 saturated carbocycles. The summed E-state index contributed by atoms with van der Waals surface area (Å²) in [6.07, 6.45) is 3.65. The van der Waals surface area contributed by atoms with Gasteiger partial charge in [-0.3, -0.25) is 20.4 Å². The van der Waals surface area contributed by atoms with Gasteiger partial charge in [-0.1, -0.05) is 18.2 Å². The first-order chi connectivity index (χ1) is 14.6. The second-order valence-corrected chi connectivity index (χ2v) is 7.52. The van der Waals surface area contributed by atoms with Crippen LogP contribution < -0.4 is 10.9 Å². The lowest BCUT2D eigenvalue weighted by Crippen LogP contribution is -2.42. The molecule has 0 atom stereocenters. The molecule has 2 amide bonds. The van der Waals surface area contributed by atoms with Gasteiger partial charge in [0.05, 0.1) is 17.9 Å². The van der Waals surface area contributed by atoms with E-state index in [2.05, 4.69) is 10.9 Å². The Kier molecular flexibility index (Phi) is 5.60. The summed E-state index contributed by atoms with van der Waals surface area (Å²) in [6.45, 7) is 0.0775. The number of para-hydroxylation sites is 1. The number of rotatable bonds is 5. The van der Waals surface area contributed by atoms with Crippen LogP contribution in [0.1, 0.15) is 25.6 Å². The Bertz CT molecular complexity index is 1220. The third-order valence-corrected chi connectivity index (χ3v) is 5.78. The predicted octanol–water partition coefficient (Wildman–Crippen LogP) is 4.05. The van der Waals surface area contributed by atoms with Crippen LogP contribution in [-0.4, -0.2) is 23.5 Å². The minimum Gasteiger partial charge on any atom is -0.380 e. The number of nitrogens with zero attached hydrogens (tertiary/aromatic N) is 1. The first kappa shape index (κ1) is 19.8. The topological polar surface area (TPSA) is 72.4 Å². The Morgan fingerprint density at radius 1 is 1.00 bits per heavy atom. The number of halogens is 1. The van der Waals surface area contributed by atoms with Crippen LogP contribution in [0.5, 0.6) is 0 Å². The number of ether oxygens (including phenoxy) is 1. The van der Waals surface area contributed by atoms with Gasteiger partial charge in [0.25, 0.3) is 11.8 Å². The molecule has 0 spiro atoms. The van der Waals surface area contributed by atoms with Crippen LogP contribution in [0.4, 0.5) is 4.39 Å². The van der Waals surface area contributed by atoms with Crippen molar-refractivity contribution in [2.24, 2.45) is 0 Å². The summed E-state index contributed by atoms with van der Waals surface area (Å²) in [5.74, 6) is -1.41. The van der Waals surface area contributed by atoms with Crippen LogP contribution >= 0.6 is 11.3 Å². The standard InChI is InChI=1S/C22H18FN3O3S/c1-29-13-15-19-16(23)8-6-10-18(19)30-20(15)22(28)25-24-21(27)14-7-2-3-9-17(14)26-11-4-5-12-26/h2-12H,13H2,1H3,(H,24,27)(H,25,28). The number of hydrazine groups is 1. The van der Waals surface area contributed by atoms with Crippen molar-refractivity contribution >= 4 is 33.2 Å². The number of carbonyl (C=O) groups is 2. The van der Waals surface area contributed by atoms with Crippen molar-refractivity contribution in [2.75, 3.05) is 7.11 Å². The number of methoxy groups -OCH3 is 1. The number of nitrogens with one attached hydrogen (secondary N) is 2. The van der Waals surface area contributed by atoms with Crippen LogP contribution in [0.25, 0.3) is 15.8 Å². The smallest absolute Gasteiger partial charge is 0.280 e. The van der Waals surface area contributed by atoms with Gasteiger partial charge in [0.1, 0.15) is 10.7 Å². The molecule has 2 N–H and O–H groups in total. The van der Waals surface area contributed by atoms with Gasteiger partial charge in [-0.25, -0.2) is 4.39 Å². The van der Waals surface area contributed by atoms with Gasteiger partial charge in [0, 0.05) is 35.2 Å². The van der Waals surface area contributed by atoms with E-state index in [4.69, 9.17) is 4.74 Å². The number of hydrogen-bond donors (Lipinski definition) is 2. The molecule has 0 aliphatic carbocycles. The Morgan fingerprint density at radius 3 is 2.50 bits per heavy atom. The number of hydrogen-bond acceptors (Lipinski definition) is 4. The highest BCUT2D eigenvalue weighted by molar-refractivity contribution is 7.21. The number of thiophene rings is 1. The van der Waals surface area contributed by atoms with Crippen molar-refractivity contribution in [2.45, 2.75) is 6.61 Å². The molecule has 152 valence electrons. The average Bonchev–Trinajstić information content (AvgIpc) is 3.41. The van der Waals surface area contributed by atoms with Crippen LogP contribution in [0.2, 0.25) is 0 Å². The molecular weight excluding hydrogens is 405 g/mol. The lowest BCUT2D eigenvalue weighted by molar-refractivity contribution is 0.0847. The second kappa shape index (κ2) is 8.48. The summed E-state index contributed by atoms with van der Waals surface area (Å²) in [7, 11) is 1.48. The van der Waals surface area contributed by atoms with Crippen LogP contribution in [0, 0.1) is 5.82 Å². The summed E-state index contributed by atoms with van der Waals surface area (Å²) in [5.41, 5.74) is 6.41. The molecule has 8 heteroatoms. The fourth-order valence-corrected chi connectivity index (χ4v) is 4.37. The molecule has 2 heterocycles. The van der Waals surface area contributed by atoms with Crippen LogP contribution in [0.3, 0.4) is 0 Å². The van der Waals surface area contributed by atoms with Crippen molar-refractivity contribution in [3.05, 3.63) is 88.8 Å². The highest BCUT2D eigenvalue weighted by Gasteiger charge is 2.21. The normalized spacial score (nSPS) is 10.9. The Balaban J connectivity index is 1.57. The van der Waals surface area contributed by atoms with Gasteiger partial charge in [-0.15, -0.1) is 11.3 Å². The quantitative estimate of drug-likeness (QED) is 0.476. The van der Waals surface area contributed by atoms with Gasteiger partial charge in [-0.05, 0) is 36.4 Å². The molecule has 4 rings (SSSR count). The molecule has 6 nitrogen and oxygen atoms in total. The molecular formula is C22H18FN3O3S. The molecule has 0 radical (unpaired) electrons. The highest BCUT2D eigenvalue weighted by atomic mass is 32.1. The SMILES string of the molecule is COCc1c(C(=O)NNC(=O)c2ccccc2-n2cccc2)sc2cccc(F)c12. The zero-order valence-corrected chi connectivity index (χ0v) is 16.8. The van der Waals surface area contributed by atoms with E-state index in [0.717, 1.165) is 11.3 Å². The molecule has 30 heavy (non-hydrogen) atoms. The van der Waals surface area contributed by atoms with Crippen molar-refractivity contribution < 1.29 is 18.7 Å². The summed E-state index contributed by atoms with van der Waals surface area (Å²) in [4.78, 5) is 25.8. The van der Waals surface area contributed by atoms with E-state index in [0.29, 0.717) is 26.9 Å². The molecule has 0 aliphatic rings. The van der Waals surface area contributed by atoms with E-state index in [1.54, 1.807) is 24.3 Å². The number of fused-ring (bicyclic) bond motifs is 1. The third-order valence-electron chi connectivity index (χ3n) is 4.58. The molecule has 0 unspecified atom stereocenters. The van der Waals surface area contributed by atoms with Crippen LogP contribution in [0.15, 0.2) is 67.0 Å². The molecule has 0 bridgehead atoms. The number of carbonyl (C=O) groups excluding carboxylic acids is 2. The lowest BCUT2D eigenvalue weighted by atomic mass is 10.1. The van der Waals surface area contributed by atoms with Gasteiger partial charge >= 0.3 is 0 Å². The number of benzene rings is 2. The summed E-state index contributed by atoms with van der Waals surface area (Å²) < 4.78 is 21.9. The molecule has 0 aliphatic heterocycles. The molecule has 2 aromatic heterocycles. The molecule has 4 aromatic rings. The van der Waals surface area contributed by atoms with E-state index >= 15 is 0 Å². The van der Waals surface area contributed by atoms with Crippen LogP contribution in [-0.2, 0) is 11.3 Å². The van der Waals surface area contributed by atoms with Crippen molar-refractivity contribution in [3.8, 4) is 5.69 Å². The highest BCUT2D eigenvalue weighted by Crippen LogP contribution is 2.33. The van der Waals surface area contributed by atoms with Gasteiger partial charge in [0.15, 0.2) is 0 Å². The molecule has 2 aromatic carbocycles. The second-order valence-electron chi connectivity index (χ2n) is 6.47. The van der Waals surface area contributed by atoms with Crippen molar-refractivity contribution in [3.63, 3.8) is 0 Å². The van der Waals surface area contributed by atoms with Gasteiger partial charge < -0.3 is 9.30 Å². The third kappa shape index (κ3) is 3.70. The maximum Gasteiger partial charge on any atom is 0.280 e. The molecule has 0 fully saturated rings.